The number of imidazole rings is 1. The normalized spacial score (nSPS) is 10.6. The van der Waals surface area contributed by atoms with Crippen LogP contribution in [0.4, 0.5) is 4.53 Å². The molecular formula is C16H14FN3O2. The van der Waals surface area contributed by atoms with Gasteiger partial charge < -0.3 is 4.74 Å². The van der Waals surface area contributed by atoms with Crippen molar-refractivity contribution in [3.05, 3.63) is 55.3 Å². The first-order valence-electron chi connectivity index (χ1n) is 6.79. The van der Waals surface area contributed by atoms with Gasteiger partial charge in [0.05, 0.1) is 18.5 Å². The first-order chi connectivity index (χ1) is 10.8. The lowest BCUT2D eigenvalue weighted by Crippen LogP contribution is -2.02. The van der Waals surface area contributed by atoms with Crippen LogP contribution in [0.2, 0.25) is 0 Å². The standard InChI is InChI=1S/C16H14FN3O2/c1-2-3-9-21-16-8-7-15-18-11-14(20(15)19-16)12-5-4-6-13(10-12)22-17/h2,4-8,10-11H,1,3,9H2. The molecule has 0 bridgehead atoms. The Morgan fingerprint density at radius 3 is 3.00 bits per heavy atom. The molecule has 6 heteroatoms. The summed E-state index contributed by atoms with van der Waals surface area (Å²) in [6, 6.07) is 10.2. The highest BCUT2D eigenvalue weighted by Gasteiger charge is 2.09. The van der Waals surface area contributed by atoms with E-state index in [0.717, 1.165) is 17.7 Å². The van der Waals surface area contributed by atoms with Crippen LogP contribution in [-0.2, 0) is 0 Å². The van der Waals surface area contributed by atoms with E-state index in [1.807, 2.05) is 12.1 Å². The number of halogens is 1. The van der Waals surface area contributed by atoms with Gasteiger partial charge in [-0.1, -0.05) is 18.2 Å². The minimum atomic E-state index is 0.130. The SMILES string of the molecule is C=CCCOc1ccc2ncc(-c3cccc(OF)c3)n2n1. The fourth-order valence-electron chi connectivity index (χ4n) is 2.08. The van der Waals surface area contributed by atoms with Gasteiger partial charge in [0.25, 0.3) is 0 Å². The molecule has 0 unspecified atom stereocenters. The van der Waals surface area contributed by atoms with Crippen LogP contribution in [0.5, 0.6) is 11.6 Å². The summed E-state index contributed by atoms with van der Waals surface area (Å²) in [6.45, 7) is 4.16. The van der Waals surface area contributed by atoms with Crippen LogP contribution >= 0.6 is 0 Å². The van der Waals surface area contributed by atoms with Crippen molar-refractivity contribution >= 4 is 5.65 Å². The summed E-state index contributed by atoms with van der Waals surface area (Å²) in [7, 11) is 0. The first-order valence-corrected chi connectivity index (χ1v) is 6.79. The number of fused-ring (bicyclic) bond motifs is 1. The molecule has 0 N–H and O–H groups in total. The lowest BCUT2D eigenvalue weighted by molar-refractivity contribution is -0.00614. The molecule has 0 aliphatic carbocycles. The van der Waals surface area contributed by atoms with Crippen molar-refractivity contribution in [3.63, 3.8) is 0 Å². The lowest BCUT2D eigenvalue weighted by Gasteiger charge is -2.06. The summed E-state index contributed by atoms with van der Waals surface area (Å²) < 4.78 is 19.5. The van der Waals surface area contributed by atoms with Gasteiger partial charge in [-0.3, -0.25) is 4.94 Å². The molecule has 0 aliphatic heterocycles. The maximum absolute atomic E-state index is 12.3. The van der Waals surface area contributed by atoms with E-state index in [9.17, 15) is 4.53 Å². The predicted octanol–water partition coefficient (Wildman–Crippen LogP) is 3.61. The van der Waals surface area contributed by atoms with Gasteiger partial charge in [-0.2, -0.15) is 0 Å². The van der Waals surface area contributed by atoms with Crippen LogP contribution in [-0.4, -0.2) is 21.2 Å². The molecule has 112 valence electrons. The summed E-state index contributed by atoms with van der Waals surface area (Å²) in [5.41, 5.74) is 2.15. The van der Waals surface area contributed by atoms with E-state index in [2.05, 4.69) is 21.6 Å². The molecule has 0 atom stereocenters. The van der Waals surface area contributed by atoms with Crippen LogP contribution in [0.1, 0.15) is 6.42 Å². The van der Waals surface area contributed by atoms with Gasteiger partial charge in [0.15, 0.2) is 11.4 Å². The van der Waals surface area contributed by atoms with Crippen molar-refractivity contribution in [3.8, 4) is 22.9 Å². The van der Waals surface area contributed by atoms with Crippen LogP contribution in [0, 0.1) is 0 Å². The Hall–Kier alpha value is -2.89. The van der Waals surface area contributed by atoms with E-state index in [-0.39, 0.29) is 5.75 Å². The van der Waals surface area contributed by atoms with Crippen molar-refractivity contribution in [1.82, 2.24) is 14.6 Å². The molecular weight excluding hydrogens is 285 g/mol. The third-order valence-electron chi connectivity index (χ3n) is 3.13. The topological polar surface area (TPSA) is 48.7 Å². The number of benzene rings is 1. The molecule has 0 saturated heterocycles. The Kier molecular flexibility index (Phi) is 4.00. The van der Waals surface area contributed by atoms with E-state index in [4.69, 9.17) is 4.74 Å². The van der Waals surface area contributed by atoms with E-state index in [0.29, 0.717) is 18.1 Å². The zero-order chi connectivity index (χ0) is 15.4. The summed E-state index contributed by atoms with van der Waals surface area (Å²) in [5.74, 6) is 0.623. The molecule has 0 radical (unpaired) electrons. The minimum absolute atomic E-state index is 0.130. The van der Waals surface area contributed by atoms with Crippen molar-refractivity contribution in [1.29, 1.82) is 0 Å². The Morgan fingerprint density at radius 1 is 1.27 bits per heavy atom. The number of aromatic nitrogens is 3. The van der Waals surface area contributed by atoms with Gasteiger partial charge in [0.1, 0.15) is 0 Å². The summed E-state index contributed by atoms with van der Waals surface area (Å²) >= 11 is 0. The molecule has 0 amide bonds. The Bertz CT molecular complexity index is 801. The van der Waals surface area contributed by atoms with Gasteiger partial charge in [0.2, 0.25) is 5.88 Å². The second-order valence-electron chi connectivity index (χ2n) is 4.62. The molecule has 0 spiro atoms. The lowest BCUT2D eigenvalue weighted by atomic mass is 10.1. The van der Waals surface area contributed by atoms with E-state index in [1.165, 1.54) is 6.07 Å². The second-order valence-corrected chi connectivity index (χ2v) is 4.62. The summed E-state index contributed by atoms with van der Waals surface area (Å²) in [6.07, 6.45) is 4.20. The average Bonchev–Trinajstić information content (AvgIpc) is 2.98. The van der Waals surface area contributed by atoms with Crippen molar-refractivity contribution < 1.29 is 14.2 Å². The van der Waals surface area contributed by atoms with E-state index >= 15 is 0 Å². The Morgan fingerprint density at radius 2 is 2.18 bits per heavy atom. The van der Waals surface area contributed by atoms with E-state index in [1.54, 1.807) is 35.0 Å². The maximum atomic E-state index is 12.3. The number of hydrogen-bond donors (Lipinski definition) is 0. The van der Waals surface area contributed by atoms with Gasteiger partial charge in [-0.25, -0.2) is 9.50 Å². The van der Waals surface area contributed by atoms with Crippen LogP contribution in [0.25, 0.3) is 16.9 Å². The third-order valence-corrected chi connectivity index (χ3v) is 3.13. The minimum Gasteiger partial charge on any atom is -0.476 e. The quantitative estimate of drug-likeness (QED) is 0.515. The second kappa shape index (κ2) is 6.26. The molecule has 0 saturated carbocycles. The predicted molar refractivity (Wildman–Crippen MR) is 80.5 cm³/mol. The van der Waals surface area contributed by atoms with Crippen LogP contribution in [0.15, 0.2) is 55.3 Å². The zero-order valence-corrected chi connectivity index (χ0v) is 11.8. The van der Waals surface area contributed by atoms with Crippen molar-refractivity contribution in [2.24, 2.45) is 0 Å². The molecule has 0 aliphatic rings. The molecule has 5 nitrogen and oxygen atoms in total. The number of hydrogen-bond acceptors (Lipinski definition) is 4. The van der Waals surface area contributed by atoms with Gasteiger partial charge in [-0.05, 0) is 24.6 Å². The number of rotatable bonds is 6. The molecule has 2 aromatic heterocycles. The highest BCUT2D eigenvalue weighted by atomic mass is 19.3. The Balaban J connectivity index is 1.98. The monoisotopic (exact) mass is 299 g/mol. The summed E-state index contributed by atoms with van der Waals surface area (Å²) in [4.78, 5) is 8.05. The molecule has 2 heterocycles. The highest BCUT2D eigenvalue weighted by Crippen LogP contribution is 2.25. The zero-order valence-electron chi connectivity index (χ0n) is 11.8. The highest BCUT2D eigenvalue weighted by molar-refractivity contribution is 5.64. The Labute approximate surface area is 126 Å². The number of ether oxygens (including phenoxy) is 1. The first kappa shape index (κ1) is 14.1. The largest absolute Gasteiger partial charge is 0.476 e. The molecule has 3 rings (SSSR count). The third kappa shape index (κ3) is 2.76. The van der Waals surface area contributed by atoms with Crippen molar-refractivity contribution in [2.45, 2.75) is 6.42 Å². The van der Waals surface area contributed by atoms with Crippen molar-refractivity contribution in [2.75, 3.05) is 6.61 Å². The molecule has 1 aromatic carbocycles. The van der Waals surface area contributed by atoms with Crippen LogP contribution < -0.4 is 9.68 Å². The maximum Gasteiger partial charge on any atom is 0.231 e. The molecule has 0 fully saturated rings. The smallest absolute Gasteiger partial charge is 0.231 e. The summed E-state index contributed by atoms with van der Waals surface area (Å²) in [5, 5.41) is 4.40. The van der Waals surface area contributed by atoms with Crippen LogP contribution in [0.3, 0.4) is 0 Å². The molecule has 3 aromatic rings. The van der Waals surface area contributed by atoms with Gasteiger partial charge in [-0.15, -0.1) is 11.7 Å². The molecule has 22 heavy (non-hydrogen) atoms. The fourth-order valence-corrected chi connectivity index (χ4v) is 2.08. The van der Waals surface area contributed by atoms with E-state index < -0.39 is 0 Å². The van der Waals surface area contributed by atoms with Gasteiger partial charge >= 0.3 is 0 Å². The number of nitrogens with zero attached hydrogens (tertiary/aromatic N) is 3. The van der Waals surface area contributed by atoms with Gasteiger partial charge in [0, 0.05) is 16.2 Å². The average molecular weight is 299 g/mol. The fraction of sp³-hybridized carbons (Fsp3) is 0.125.